The Morgan fingerprint density at radius 1 is 1.28 bits per heavy atom. The van der Waals surface area contributed by atoms with Gasteiger partial charge in [0.2, 0.25) is 0 Å². The molecule has 0 bridgehead atoms. The van der Waals surface area contributed by atoms with E-state index in [4.69, 9.17) is 11.6 Å². The normalized spacial score (nSPS) is 10.4. The number of hydrogen-bond donors (Lipinski definition) is 0. The largest absolute Gasteiger partial charge is 0.356 e. The number of ketones is 1. The van der Waals surface area contributed by atoms with E-state index in [1.54, 1.807) is 48.3 Å². The van der Waals surface area contributed by atoms with Crippen molar-refractivity contribution in [2.45, 2.75) is 6.92 Å². The van der Waals surface area contributed by atoms with E-state index in [1.807, 2.05) is 0 Å². The van der Waals surface area contributed by atoms with Crippen LogP contribution in [0.1, 0.15) is 17.3 Å². The van der Waals surface area contributed by atoms with Gasteiger partial charge in [-0.15, -0.1) is 0 Å². The van der Waals surface area contributed by atoms with Crippen LogP contribution in [0.15, 0.2) is 41.5 Å². The maximum atomic E-state index is 12.2. The van der Waals surface area contributed by atoms with Gasteiger partial charge >= 0.3 is 0 Å². The molecule has 0 saturated carbocycles. The minimum absolute atomic E-state index is 0.190. The van der Waals surface area contributed by atoms with Crippen LogP contribution < -0.4 is 5.43 Å². The molecule has 3 nitrogen and oxygen atoms in total. The summed E-state index contributed by atoms with van der Waals surface area (Å²) < 4.78 is 1.70. The zero-order valence-electron chi connectivity index (χ0n) is 10.1. The molecule has 1 aromatic carbocycles. The van der Waals surface area contributed by atoms with Gasteiger partial charge in [0, 0.05) is 30.0 Å². The first-order chi connectivity index (χ1) is 8.49. The Kier molecular flexibility index (Phi) is 3.34. The topological polar surface area (TPSA) is 39.1 Å². The van der Waals surface area contributed by atoms with Crippen molar-refractivity contribution in [1.29, 1.82) is 0 Å². The number of carbonyl (C=O) groups excluding carboxylic acids is 1. The lowest BCUT2D eigenvalue weighted by molar-refractivity contribution is 0.101. The second-order valence-corrected chi connectivity index (χ2v) is 4.58. The molecule has 0 amide bonds. The van der Waals surface area contributed by atoms with Gasteiger partial charge in [0.05, 0.1) is 5.56 Å². The number of hydrogen-bond acceptors (Lipinski definition) is 2. The number of aryl methyl sites for hydroxylation is 1. The fourth-order valence-corrected chi connectivity index (χ4v) is 2.01. The number of pyridine rings is 1. The van der Waals surface area contributed by atoms with Crippen molar-refractivity contribution < 1.29 is 4.79 Å². The summed E-state index contributed by atoms with van der Waals surface area (Å²) in [5, 5.41) is 0.558. The van der Waals surface area contributed by atoms with E-state index < -0.39 is 0 Å². The highest BCUT2D eigenvalue weighted by Gasteiger charge is 2.12. The summed E-state index contributed by atoms with van der Waals surface area (Å²) in [7, 11) is 1.78. The average Bonchev–Trinajstić information content (AvgIpc) is 2.31. The Balaban J connectivity index is 2.72. The number of carbonyl (C=O) groups is 1. The summed E-state index contributed by atoms with van der Waals surface area (Å²) in [5.41, 5.74) is 1.12. The van der Waals surface area contributed by atoms with Crippen molar-refractivity contribution in [3.05, 3.63) is 57.5 Å². The van der Waals surface area contributed by atoms with Crippen molar-refractivity contribution in [3.63, 3.8) is 0 Å². The Bertz CT molecular complexity index is 674. The smallest absolute Gasteiger partial charge is 0.200 e. The highest BCUT2D eigenvalue weighted by molar-refractivity contribution is 6.30. The molecule has 1 aromatic heterocycles. The number of rotatable bonds is 2. The summed E-state index contributed by atoms with van der Waals surface area (Å²) >= 11 is 5.91. The molecular weight excluding hydrogens is 250 g/mol. The summed E-state index contributed by atoms with van der Waals surface area (Å²) in [6, 6.07) is 7.02. The molecule has 0 aliphatic heterocycles. The molecule has 0 aliphatic rings. The zero-order valence-corrected chi connectivity index (χ0v) is 10.9. The lowest BCUT2D eigenvalue weighted by Crippen LogP contribution is -2.17. The summed E-state index contributed by atoms with van der Waals surface area (Å²) in [6.07, 6.45) is 3.24. The monoisotopic (exact) mass is 261 g/mol. The third kappa shape index (κ3) is 2.36. The third-order valence-corrected chi connectivity index (χ3v) is 2.90. The van der Waals surface area contributed by atoms with E-state index in [9.17, 15) is 9.59 Å². The molecule has 2 aromatic rings. The molecule has 0 aliphatic carbocycles. The minimum Gasteiger partial charge on any atom is -0.356 e. The van der Waals surface area contributed by atoms with Gasteiger partial charge in [-0.05, 0) is 24.6 Å². The zero-order chi connectivity index (χ0) is 13.3. The number of nitrogens with zero attached hydrogens (tertiary/aromatic N) is 1. The maximum absolute atomic E-state index is 12.2. The molecule has 2 rings (SSSR count). The molecule has 0 fully saturated rings. The fraction of sp³-hybridized carbons (Fsp3) is 0.143. The Morgan fingerprint density at radius 2 is 2.00 bits per heavy atom. The molecule has 92 valence electrons. The van der Waals surface area contributed by atoms with Crippen molar-refractivity contribution >= 4 is 17.4 Å². The SMILES string of the molecule is CC(=O)c1cn(C)cc(-c2cccc(Cl)c2)c1=O. The highest BCUT2D eigenvalue weighted by Crippen LogP contribution is 2.20. The van der Waals surface area contributed by atoms with E-state index in [0.717, 1.165) is 0 Å². The fourth-order valence-electron chi connectivity index (χ4n) is 1.82. The van der Waals surface area contributed by atoms with Crippen LogP contribution in [0.4, 0.5) is 0 Å². The van der Waals surface area contributed by atoms with Crippen LogP contribution >= 0.6 is 11.6 Å². The van der Waals surface area contributed by atoms with Gasteiger partial charge in [0.1, 0.15) is 0 Å². The van der Waals surface area contributed by atoms with Crippen molar-refractivity contribution in [2.24, 2.45) is 7.05 Å². The van der Waals surface area contributed by atoms with Gasteiger partial charge in [-0.3, -0.25) is 9.59 Å². The van der Waals surface area contributed by atoms with Crippen LogP contribution in [0.2, 0.25) is 5.02 Å². The van der Waals surface area contributed by atoms with Gasteiger partial charge in [0.25, 0.3) is 0 Å². The predicted octanol–water partition coefficient (Wildman–Crippen LogP) is 2.91. The second kappa shape index (κ2) is 4.78. The average molecular weight is 262 g/mol. The van der Waals surface area contributed by atoms with E-state index in [-0.39, 0.29) is 16.8 Å². The number of Topliss-reactive ketones (excluding diaryl/α,β-unsaturated/α-hetero) is 1. The second-order valence-electron chi connectivity index (χ2n) is 4.15. The van der Waals surface area contributed by atoms with Crippen LogP contribution in [0.3, 0.4) is 0 Å². The lowest BCUT2D eigenvalue weighted by atomic mass is 10.0. The first kappa shape index (κ1) is 12.6. The van der Waals surface area contributed by atoms with Gasteiger partial charge < -0.3 is 4.57 Å². The number of aromatic nitrogens is 1. The van der Waals surface area contributed by atoms with Gasteiger partial charge in [-0.25, -0.2) is 0 Å². The number of halogens is 1. The van der Waals surface area contributed by atoms with E-state index in [0.29, 0.717) is 16.1 Å². The molecule has 0 radical (unpaired) electrons. The number of benzene rings is 1. The van der Waals surface area contributed by atoms with Crippen molar-refractivity contribution in [2.75, 3.05) is 0 Å². The van der Waals surface area contributed by atoms with Crippen LogP contribution in [-0.2, 0) is 7.05 Å². The molecule has 0 unspecified atom stereocenters. The maximum Gasteiger partial charge on any atom is 0.200 e. The molecular formula is C14H12ClNO2. The van der Waals surface area contributed by atoms with E-state index >= 15 is 0 Å². The van der Waals surface area contributed by atoms with Gasteiger partial charge in [-0.2, -0.15) is 0 Å². The molecule has 4 heteroatoms. The molecule has 0 N–H and O–H groups in total. The molecule has 0 atom stereocenters. The first-order valence-corrected chi connectivity index (χ1v) is 5.84. The molecule has 0 spiro atoms. The van der Waals surface area contributed by atoms with Crippen LogP contribution in [-0.4, -0.2) is 10.4 Å². The van der Waals surface area contributed by atoms with Gasteiger partial charge in [-0.1, -0.05) is 23.7 Å². The minimum atomic E-state index is -0.261. The summed E-state index contributed by atoms with van der Waals surface area (Å²) in [4.78, 5) is 23.6. The molecule has 18 heavy (non-hydrogen) atoms. The Hall–Kier alpha value is -1.87. The predicted molar refractivity (Wildman–Crippen MR) is 72.1 cm³/mol. The quantitative estimate of drug-likeness (QED) is 0.780. The van der Waals surface area contributed by atoms with Crippen LogP contribution in [0.5, 0.6) is 0 Å². The highest BCUT2D eigenvalue weighted by atomic mass is 35.5. The van der Waals surface area contributed by atoms with Gasteiger partial charge in [0.15, 0.2) is 11.2 Å². The Morgan fingerprint density at radius 3 is 2.61 bits per heavy atom. The van der Waals surface area contributed by atoms with Crippen LogP contribution in [0, 0.1) is 0 Å². The third-order valence-electron chi connectivity index (χ3n) is 2.67. The molecule has 0 saturated heterocycles. The van der Waals surface area contributed by atoms with Crippen LogP contribution in [0.25, 0.3) is 11.1 Å². The summed E-state index contributed by atoms with van der Waals surface area (Å²) in [5.74, 6) is -0.237. The summed E-state index contributed by atoms with van der Waals surface area (Å²) in [6.45, 7) is 1.39. The van der Waals surface area contributed by atoms with Crippen molar-refractivity contribution in [1.82, 2.24) is 4.57 Å². The Labute approximate surface area is 110 Å². The van der Waals surface area contributed by atoms with E-state index in [2.05, 4.69) is 0 Å². The molecule has 1 heterocycles. The van der Waals surface area contributed by atoms with E-state index in [1.165, 1.54) is 6.92 Å². The first-order valence-electron chi connectivity index (χ1n) is 5.46. The van der Waals surface area contributed by atoms with Crippen molar-refractivity contribution in [3.8, 4) is 11.1 Å². The standard InChI is InChI=1S/C14H12ClNO2/c1-9(17)12-7-16(2)8-13(14(12)18)10-4-3-5-11(15)6-10/h3-8H,1-2H3. The lowest BCUT2D eigenvalue weighted by Gasteiger charge is -2.07.